The summed E-state index contributed by atoms with van der Waals surface area (Å²) in [5.41, 5.74) is 2.12. The van der Waals surface area contributed by atoms with E-state index < -0.39 is 0 Å². The molecule has 174 valence electrons. The van der Waals surface area contributed by atoms with Gasteiger partial charge in [-0.25, -0.2) is 9.97 Å². The third-order valence-corrected chi connectivity index (χ3v) is 5.72. The standard InChI is InChI=1S/C27H29N5O2/c1-2-3-17-32(19-20-11-6-4-7-12-20)27(34)22-18-29-26(24(33)23-15-10-16-28-23)31-25(22)30-21-13-8-5-9-14-21/h2-9,11-14,18,23,28H,10,15-17,19H2,1H3,(H,29,30,31)/b3-2+. The number of carbonyl (C=O) groups excluding carboxylic acids is 2. The maximum absolute atomic E-state index is 13.7. The van der Waals surface area contributed by atoms with Gasteiger partial charge in [-0.2, -0.15) is 0 Å². The van der Waals surface area contributed by atoms with Crippen LogP contribution in [0.4, 0.5) is 11.5 Å². The van der Waals surface area contributed by atoms with Gasteiger partial charge in [0.25, 0.3) is 5.91 Å². The maximum Gasteiger partial charge on any atom is 0.259 e. The number of ketones is 1. The average Bonchev–Trinajstić information content (AvgIpc) is 3.42. The second-order valence-corrected chi connectivity index (χ2v) is 8.20. The van der Waals surface area contributed by atoms with Crippen LogP contribution in [0.3, 0.4) is 0 Å². The number of aromatic nitrogens is 2. The molecule has 1 aliphatic rings. The van der Waals surface area contributed by atoms with Gasteiger partial charge in [-0.15, -0.1) is 0 Å². The number of Topliss-reactive ketones (excluding diaryl/α,β-unsaturated/α-hetero) is 1. The van der Waals surface area contributed by atoms with E-state index in [0.717, 1.165) is 30.6 Å². The fourth-order valence-electron chi connectivity index (χ4n) is 3.90. The van der Waals surface area contributed by atoms with E-state index in [9.17, 15) is 9.59 Å². The highest BCUT2D eigenvalue weighted by atomic mass is 16.2. The largest absolute Gasteiger partial charge is 0.339 e. The van der Waals surface area contributed by atoms with Gasteiger partial charge >= 0.3 is 0 Å². The first-order valence-electron chi connectivity index (χ1n) is 11.6. The molecule has 7 heteroatoms. The van der Waals surface area contributed by atoms with E-state index in [1.165, 1.54) is 6.20 Å². The Morgan fingerprint density at radius 2 is 1.85 bits per heavy atom. The Hall–Kier alpha value is -3.84. The number of hydrogen-bond acceptors (Lipinski definition) is 6. The lowest BCUT2D eigenvalue weighted by Gasteiger charge is -2.23. The van der Waals surface area contributed by atoms with Crippen LogP contribution >= 0.6 is 0 Å². The lowest BCUT2D eigenvalue weighted by atomic mass is 10.1. The zero-order valence-electron chi connectivity index (χ0n) is 19.3. The molecule has 0 radical (unpaired) electrons. The molecule has 1 saturated heterocycles. The molecule has 7 nitrogen and oxygen atoms in total. The number of hydrogen-bond donors (Lipinski definition) is 2. The summed E-state index contributed by atoms with van der Waals surface area (Å²) in [6.07, 6.45) is 7.04. The Balaban J connectivity index is 1.68. The number of rotatable bonds is 9. The first-order chi connectivity index (χ1) is 16.7. The minimum absolute atomic E-state index is 0.109. The Bertz CT molecular complexity index is 1140. The molecule has 0 aliphatic carbocycles. The minimum atomic E-state index is -0.282. The third-order valence-electron chi connectivity index (χ3n) is 5.72. The number of amides is 1. The number of benzene rings is 2. The number of nitrogens with zero attached hydrogens (tertiary/aromatic N) is 3. The van der Waals surface area contributed by atoms with Gasteiger partial charge in [-0.05, 0) is 44.0 Å². The maximum atomic E-state index is 13.7. The van der Waals surface area contributed by atoms with Crippen molar-refractivity contribution in [3.05, 3.63) is 96.0 Å². The zero-order valence-corrected chi connectivity index (χ0v) is 19.3. The minimum Gasteiger partial charge on any atom is -0.339 e. The van der Waals surface area contributed by atoms with E-state index in [2.05, 4.69) is 20.6 Å². The van der Waals surface area contributed by atoms with Crippen molar-refractivity contribution in [2.45, 2.75) is 32.4 Å². The molecule has 1 amide bonds. The van der Waals surface area contributed by atoms with Crippen molar-refractivity contribution >= 4 is 23.2 Å². The van der Waals surface area contributed by atoms with Gasteiger partial charge in [0.15, 0.2) is 5.82 Å². The molecule has 1 aliphatic heterocycles. The van der Waals surface area contributed by atoms with Crippen LogP contribution in [0.2, 0.25) is 0 Å². The second kappa shape index (κ2) is 11.3. The molecule has 2 N–H and O–H groups in total. The summed E-state index contributed by atoms with van der Waals surface area (Å²) in [5, 5.41) is 6.42. The molecular formula is C27H29N5O2. The molecule has 4 rings (SSSR count). The van der Waals surface area contributed by atoms with Crippen LogP contribution in [0.5, 0.6) is 0 Å². The molecule has 34 heavy (non-hydrogen) atoms. The van der Waals surface area contributed by atoms with Crippen LogP contribution in [-0.4, -0.2) is 45.7 Å². The first-order valence-corrected chi connectivity index (χ1v) is 11.6. The Morgan fingerprint density at radius 3 is 2.53 bits per heavy atom. The van der Waals surface area contributed by atoms with E-state index in [-0.39, 0.29) is 23.6 Å². The summed E-state index contributed by atoms with van der Waals surface area (Å²) in [7, 11) is 0. The second-order valence-electron chi connectivity index (χ2n) is 8.20. The van der Waals surface area contributed by atoms with Crippen LogP contribution < -0.4 is 10.6 Å². The van der Waals surface area contributed by atoms with Gasteiger partial charge < -0.3 is 15.5 Å². The molecule has 0 bridgehead atoms. The van der Waals surface area contributed by atoms with Crippen molar-refractivity contribution in [2.24, 2.45) is 0 Å². The topological polar surface area (TPSA) is 87.2 Å². The van der Waals surface area contributed by atoms with Crippen LogP contribution in [0, 0.1) is 0 Å². The highest BCUT2D eigenvalue weighted by molar-refractivity contribution is 6.01. The molecule has 0 spiro atoms. The summed E-state index contributed by atoms with van der Waals surface area (Å²) in [4.78, 5) is 37.2. The fourth-order valence-corrected chi connectivity index (χ4v) is 3.90. The summed E-state index contributed by atoms with van der Waals surface area (Å²) in [6.45, 7) is 3.62. The lowest BCUT2D eigenvalue weighted by Crippen LogP contribution is -2.33. The van der Waals surface area contributed by atoms with E-state index >= 15 is 0 Å². The molecule has 1 unspecified atom stereocenters. The normalized spacial score (nSPS) is 15.4. The van der Waals surface area contributed by atoms with Crippen LogP contribution in [0.25, 0.3) is 0 Å². The predicted molar refractivity (Wildman–Crippen MR) is 133 cm³/mol. The Kier molecular flexibility index (Phi) is 7.78. The quantitative estimate of drug-likeness (QED) is 0.368. The summed E-state index contributed by atoms with van der Waals surface area (Å²) < 4.78 is 0. The number of carbonyl (C=O) groups is 2. The summed E-state index contributed by atoms with van der Waals surface area (Å²) in [5.74, 6) is 0.0737. The van der Waals surface area contributed by atoms with Gasteiger partial charge in [0, 0.05) is 25.0 Å². The smallest absolute Gasteiger partial charge is 0.259 e. The number of para-hydroxylation sites is 1. The van der Waals surface area contributed by atoms with E-state index in [1.807, 2.05) is 79.7 Å². The Labute approximate surface area is 199 Å². The SMILES string of the molecule is C/C=C/CN(Cc1ccccc1)C(=O)c1cnc(C(=O)C2CCCN2)nc1Nc1ccccc1. The van der Waals surface area contributed by atoms with Gasteiger partial charge in [0.2, 0.25) is 5.78 Å². The molecule has 1 fully saturated rings. The number of nitrogens with one attached hydrogen (secondary N) is 2. The fraction of sp³-hybridized carbons (Fsp3) is 0.259. The highest BCUT2D eigenvalue weighted by Gasteiger charge is 2.28. The summed E-state index contributed by atoms with van der Waals surface area (Å²) >= 11 is 0. The average molecular weight is 456 g/mol. The lowest BCUT2D eigenvalue weighted by molar-refractivity contribution is 0.0761. The summed E-state index contributed by atoms with van der Waals surface area (Å²) in [6, 6.07) is 19.0. The van der Waals surface area contributed by atoms with Gasteiger partial charge in [-0.3, -0.25) is 9.59 Å². The van der Waals surface area contributed by atoms with Gasteiger partial charge in [0.05, 0.1) is 6.04 Å². The predicted octanol–water partition coefficient (Wildman–Crippen LogP) is 4.37. The van der Waals surface area contributed by atoms with E-state index in [0.29, 0.717) is 24.5 Å². The molecular weight excluding hydrogens is 426 g/mol. The third kappa shape index (κ3) is 5.74. The van der Waals surface area contributed by atoms with Crippen molar-refractivity contribution in [1.29, 1.82) is 0 Å². The molecule has 2 heterocycles. The first kappa shape index (κ1) is 23.3. The molecule has 1 aromatic heterocycles. The van der Waals surface area contributed by atoms with Gasteiger partial charge in [0.1, 0.15) is 11.4 Å². The number of anilines is 2. The molecule has 1 atom stereocenters. The van der Waals surface area contributed by atoms with Crippen LogP contribution in [0.1, 0.15) is 46.3 Å². The molecule has 2 aromatic carbocycles. The van der Waals surface area contributed by atoms with Crippen molar-refractivity contribution in [1.82, 2.24) is 20.2 Å². The zero-order chi connectivity index (χ0) is 23.8. The monoisotopic (exact) mass is 455 g/mol. The van der Waals surface area contributed by atoms with Crippen molar-refractivity contribution in [2.75, 3.05) is 18.4 Å². The highest BCUT2D eigenvalue weighted by Crippen LogP contribution is 2.22. The van der Waals surface area contributed by atoms with Crippen molar-refractivity contribution in [3.63, 3.8) is 0 Å². The van der Waals surface area contributed by atoms with Crippen molar-refractivity contribution in [3.8, 4) is 0 Å². The molecule has 3 aromatic rings. The van der Waals surface area contributed by atoms with Crippen molar-refractivity contribution < 1.29 is 9.59 Å². The van der Waals surface area contributed by atoms with Crippen LogP contribution in [-0.2, 0) is 6.54 Å². The van der Waals surface area contributed by atoms with E-state index in [1.54, 1.807) is 4.90 Å². The Morgan fingerprint density at radius 1 is 1.12 bits per heavy atom. The van der Waals surface area contributed by atoms with Crippen LogP contribution in [0.15, 0.2) is 79.0 Å². The van der Waals surface area contributed by atoms with E-state index in [4.69, 9.17) is 0 Å². The molecule has 0 saturated carbocycles. The van der Waals surface area contributed by atoms with Gasteiger partial charge in [-0.1, -0.05) is 60.7 Å². The number of allylic oxidation sites excluding steroid dienone is 1.